The topological polar surface area (TPSA) is 49.8 Å². The highest BCUT2D eigenvalue weighted by atomic mass is 19.1. The second kappa shape index (κ2) is 6.69. The zero-order valence-corrected chi connectivity index (χ0v) is 12.6. The van der Waals surface area contributed by atoms with Gasteiger partial charge in [-0.15, -0.1) is 0 Å². The third-order valence-electron chi connectivity index (χ3n) is 4.08. The molecule has 1 N–H and O–H groups in total. The number of hydrogen-bond acceptors (Lipinski definition) is 3. The van der Waals surface area contributed by atoms with Gasteiger partial charge >= 0.3 is 5.97 Å². The van der Waals surface area contributed by atoms with Gasteiger partial charge in [0.2, 0.25) is 0 Å². The van der Waals surface area contributed by atoms with Crippen LogP contribution in [0.3, 0.4) is 0 Å². The number of nitrogens with zero attached hydrogens (tertiary/aromatic N) is 1. The van der Waals surface area contributed by atoms with Crippen LogP contribution in [-0.4, -0.2) is 24.2 Å². The fraction of sp³-hybridized carbons (Fsp3) is 0.278. The molecule has 3 rings (SSSR count). The highest BCUT2D eigenvalue weighted by molar-refractivity contribution is 5.70. The van der Waals surface area contributed by atoms with Crippen LogP contribution in [0, 0.1) is 11.7 Å². The molecule has 2 aromatic carbocycles. The fourth-order valence-corrected chi connectivity index (χ4v) is 2.77. The first-order valence-electron chi connectivity index (χ1n) is 7.63. The summed E-state index contributed by atoms with van der Waals surface area (Å²) >= 11 is 0. The van der Waals surface area contributed by atoms with Gasteiger partial charge in [0.05, 0.1) is 5.92 Å². The summed E-state index contributed by atoms with van der Waals surface area (Å²) in [6.07, 6.45) is 1.30. The molecule has 1 aliphatic rings. The number of ether oxygens (including phenoxy) is 1. The zero-order chi connectivity index (χ0) is 16.2. The van der Waals surface area contributed by atoms with E-state index in [1.807, 2.05) is 24.3 Å². The Morgan fingerprint density at radius 3 is 2.43 bits per heavy atom. The molecule has 5 heteroatoms. The number of hydrogen-bond donors (Lipinski definition) is 1. The highest BCUT2D eigenvalue weighted by Crippen LogP contribution is 2.29. The molecule has 1 aliphatic heterocycles. The first-order valence-corrected chi connectivity index (χ1v) is 7.63. The van der Waals surface area contributed by atoms with Crippen LogP contribution >= 0.6 is 0 Å². The van der Waals surface area contributed by atoms with Gasteiger partial charge in [-0.3, -0.25) is 4.79 Å². The SMILES string of the molecule is O=C(O)C1CCN(c2cccc(Oc3ccc(F)cc3)c2)CC1. The van der Waals surface area contributed by atoms with Crippen LogP contribution in [-0.2, 0) is 4.79 Å². The van der Waals surface area contributed by atoms with Crippen LogP contribution in [0.1, 0.15) is 12.8 Å². The van der Waals surface area contributed by atoms with Crippen molar-refractivity contribution in [1.29, 1.82) is 0 Å². The molecule has 0 radical (unpaired) electrons. The summed E-state index contributed by atoms with van der Waals surface area (Å²) in [7, 11) is 0. The van der Waals surface area contributed by atoms with Crippen molar-refractivity contribution in [1.82, 2.24) is 0 Å². The molecule has 0 unspecified atom stereocenters. The fourth-order valence-electron chi connectivity index (χ4n) is 2.77. The molecule has 0 aliphatic carbocycles. The molecule has 0 spiro atoms. The van der Waals surface area contributed by atoms with Crippen molar-refractivity contribution >= 4 is 11.7 Å². The van der Waals surface area contributed by atoms with E-state index in [4.69, 9.17) is 9.84 Å². The Kier molecular flexibility index (Phi) is 4.46. The molecule has 23 heavy (non-hydrogen) atoms. The summed E-state index contributed by atoms with van der Waals surface area (Å²) in [4.78, 5) is 13.2. The largest absolute Gasteiger partial charge is 0.481 e. The number of aliphatic carboxylic acids is 1. The van der Waals surface area contributed by atoms with E-state index in [2.05, 4.69) is 4.90 Å². The lowest BCUT2D eigenvalue weighted by Gasteiger charge is -2.32. The Balaban J connectivity index is 1.68. The third-order valence-corrected chi connectivity index (χ3v) is 4.08. The van der Waals surface area contributed by atoms with Crippen molar-refractivity contribution in [3.05, 3.63) is 54.3 Å². The molecule has 0 saturated carbocycles. The lowest BCUT2D eigenvalue weighted by molar-refractivity contribution is -0.142. The van der Waals surface area contributed by atoms with Gasteiger partial charge in [-0.25, -0.2) is 4.39 Å². The van der Waals surface area contributed by atoms with Gasteiger partial charge in [-0.2, -0.15) is 0 Å². The summed E-state index contributed by atoms with van der Waals surface area (Å²) in [5.74, 6) is -0.00190. The van der Waals surface area contributed by atoms with Crippen molar-refractivity contribution in [2.45, 2.75) is 12.8 Å². The monoisotopic (exact) mass is 315 g/mol. The zero-order valence-electron chi connectivity index (χ0n) is 12.6. The van der Waals surface area contributed by atoms with Crippen LogP contribution < -0.4 is 9.64 Å². The second-order valence-corrected chi connectivity index (χ2v) is 5.65. The molecule has 0 aromatic heterocycles. The van der Waals surface area contributed by atoms with Crippen LogP contribution in [0.4, 0.5) is 10.1 Å². The number of rotatable bonds is 4. The van der Waals surface area contributed by atoms with Gasteiger partial charge in [-0.1, -0.05) is 6.07 Å². The van der Waals surface area contributed by atoms with Crippen molar-refractivity contribution < 1.29 is 19.0 Å². The standard InChI is InChI=1S/C18H18FNO3/c19-14-4-6-16(7-5-14)23-17-3-1-2-15(12-17)20-10-8-13(9-11-20)18(21)22/h1-7,12-13H,8-11H2,(H,21,22). The van der Waals surface area contributed by atoms with Gasteiger partial charge in [0.25, 0.3) is 0 Å². The summed E-state index contributed by atoms with van der Waals surface area (Å²) in [5, 5.41) is 9.06. The van der Waals surface area contributed by atoms with Crippen molar-refractivity contribution in [3.63, 3.8) is 0 Å². The molecule has 4 nitrogen and oxygen atoms in total. The summed E-state index contributed by atoms with van der Waals surface area (Å²) in [6.45, 7) is 1.44. The van der Waals surface area contributed by atoms with Gasteiger partial charge in [0, 0.05) is 24.8 Å². The predicted octanol–water partition coefficient (Wildman–Crippen LogP) is 3.92. The molecule has 1 fully saturated rings. The van der Waals surface area contributed by atoms with E-state index < -0.39 is 5.97 Å². The lowest BCUT2D eigenvalue weighted by atomic mass is 9.97. The third kappa shape index (κ3) is 3.80. The minimum absolute atomic E-state index is 0.245. The molecule has 1 saturated heterocycles. The van der Waals surface area contributed by atoms with Crippen molar-refractivity contribution in [2.75, 3.05) is 18.0 Å². The molecule has 0 amide bonds. The lowest BCUT2D eigenvalue weighted by Crippen LogP contribution is -2.36. The van der Waals surface area contributed by atoms with Gasteiger partial charge in [0.1, 0.15) is 17.3 Å². The van der Waals surface area contributed by atoms with E-state index in [-0.39, 0.29) is 11.7 Å². The number of halogens is 1. The Hall–Kier alpha value is -2.56. The number of carboxylic acid groups (broad SMARTS) is 1. The smallest absolute Gasteiger partial charge is 0.306 e. The first kappa shape index (κ1) is 15.3. The average Bonchev–Trinajstić information content (AvgIpc) is 2.57. The van der Waals surface area contributed by atoms with Crippen LogP contribution in [0.5, 0.6) is 11.5 Å². The number of carboxylic acids is 1. The number of carbonyl (C=O) groups is 1. The minimum atomic E-state index is -0.710. The number of piperidine rings is 1. The minimum Gasteiger partial charge on any atom is -0.481 e. The Morgan fingerprint density at radius 1 is 1.09 bits per heavy atom. The number of benzene rings is 2. The maximum Gasteiger partial charge on any atom is 0.306 e. The Bertz CT molecular complexity index is 679. The van der Waals surface area contributed by atoms with Crippen LogP contribution in [0.2, 0.25) is 0 Å². The number of anilines is 1. The van der Waals surface area contributed by atoms with E-state index in [1.54, 1.807) is 12.1 Å². The van der Waals surface area contributed by atoms with Crippen molar-refractivity contribution in [3.8, 4) is 11.5 Å². The van der Waals surface area contributed by atoms with E-state index in [0.29, 0.717) is 24.3 Å². The van der Waals surface area contributed by atoms with Gasteiger partial charge in [0.15, 0.2) is 0 Å². The van der Waals surface area contributed by atoms with E-state index in [0.717, 1.165) is 18.8 Å². The normalized spacial score (nSPS) is 15.4. The molecule has 2 aromatic rings. The van der Waals surface area contributed by atoms with Crippen LogP contribution in [0.15, 0.2) is 48.5 Å². The highest BCUT2D eigenvalue weighted by Gasteiger charge is 2.24. The summed E-state index contributed by atoms with van der Waals surface area (Å²) in [6, 6.07) is 13.5. The van der Waals surface area contributed by atoms with Crippen molar-refractivity contribution in [2.24, 2.45) is 5.92 Å². The Labute approximate surface area is 134 Å². The molecular weight excluding hydrogens is 297 g/mol. The molecule has 0 bridgehead atoms. The summed E-state index contributed by atoms with van der Waals surface area (Å²) < 4.78 is 18.7. The first-order chi connectivity index (χ1) is 11.1. The van der Waals surface area contributed by atoms with Gasteiger partial charge in [-0.05, 0) is 49.2 Å². The maximum absolute atomic E-state index is 12.9. The molecule has 0 atom stereocenters. The predicted molar refractivity (Wildman–Crippen MR) is 85.5 cm³/mol. The van der Waals surface area contributed by atoms with E-state index >= 15 is 0 Å². The Morgan fingerprint density at radius 2 is 1.78 bits per heavy atom. The molecule has 120 valence electrons. The maximum atomic E-state index is 12.9. The van der Waals surface area contributed by atoms with E-state index in [9.17, 15) is 9.18 Å². The average molecular weight is 315 g/mol. The van der Waals surface area contributed by atoms with Gasteiger partial charge < -0.3 is 14.7 Å². The van der Waals surface area contributed by atoms with Crippen LogP contribution in [0.25, 0.3) is 0 Å². The summed E-state index contributed by atoms with van der Waals surface area (Å²) in [5.41, 5.74) is 1.01. The molecular formula is C18H18FNO3. The molecule has 1 heterocycles. The van der Waals surface area contributed by atoms with E-state index in [1.165, 1.54) is 12.1 Å². The second-order valence-electron chi connectivity index (χ2n) is 5.65. The quantitative estimate of drug-likeness (QED) is 0.929.